The van der Waals surface area contributed by atoms with Crippen LogP contribution >= 0.6 is 7.82 Å². The van der Waals surface area contributed by atoms with Crippen LogP contribution in [0.2, 0.25) is 0 Å². The molecule has 0 bridgehead atoms. The number of unbranched alkanes of at least 4 members (excludes halogenated alkanes) is 2. The van der Waals surface area contributed by atoms with Crippen molar-refractivity contribution in [1.82, 2.24) is 0 Å². The van der Waals surface area contributed by atoms with Crippen LogP contribution in [0.1, 0.15) is 32.6 Å². The van der Waals surface area contributed by atoms with Crippen LogP contribution in [0, 0.1) is 0 Å². The van der Waals surface area contributed by atoms with Crippen LogP contribution in [0.4, 0.5) is 0 Å². The molecule has 0 radical (unpaired) electrons. The number of aliphatic hydroxyl groups excluding tert-OH is 1. The fourth-order valence-electron chi connectivity index (χ4n) is 1.53. The number of hydrogen-bond donors (Lipinski definition) is 2. The third kappa shape index (κ3) is 13.6. The smallest absolute Gasteiger partial charge is 0.457 e. The summed E-state index contributed by atoms with van der Waals surface area (Å²) in [4.78, 5) is 21.1. The number of phosphoric acid groups is 1. The summed E-state index contributed by atoms with van der Waals surface area (Å²) >= 11 is 0. The molecule has 138 valence electrons. The molecule has 0 aliphatic heterocycles. The second-order valence-electron chi connectivity index (χ2n) is 6.36. The Morgan fingerprint density at radius 3 is 2.39 bits per heavy atom. The molecule has 0 spiro atoms. The molecule has 0 aromatic carbocycles. The van der Waals surface area contributed by atoms with Crippen molar-refractivity contribution in [2.24, 2.45) is 0 Å². The topological polar surface area (TPSA) is 102 Å². The first-order valence-electron chi connectivity index (χ1n) is 7.82. The lowest BCUT2D eigenvalue weighted by atomic mass is 10.2. The van der Waals surface area contributed by atoms with Gasteiger partial charge in [-0.3, -0.25) is 13.8 Å². The van der Waals surface area contributed by atoms with Crippen LogP contribution in [0.5, 0.6) is 0 Å². The molecule has 2 N–H and O–H groups in total. The van der Waals surface area contributed by atoms with Gasteiger partial charge in [0.2, 0.25) is 0 Å². The molecular formula is C14H31NO7P+. The molecule has 0 heterocycles. The molecule has 0 saturated heterocycles. The van der Waals surface area contributed by atoms with Crippen molar-refractivity contribution in [2.75, 3.05) is 47.5 Å². The number of carbonyl (C=O) groups is 1. The number of carbonyl (C=O) groups excluding carboxylic acids is 1. The summed E-state index contributed by atoms with van der Waals surface area (Å²) in [5.41, 5.74) is 0. The van der Waals surface area contributed by atoms with Gasteiger partial charge in [0.05, 0.1) is 34.4 Å². The average molecular weight is 356 g/mol. The summed E-state index contributed by atoms with van der Waals surface area (Å²) in [5.74, 6) is -0.458. The fourth-order valence-corrected chi connectivity index (χ4v) is 2.27. The minimum Gasteiger partial charge on any atom is -0.457 e. The zero-order chi connectivity index (χ0) is 17.9. The molecular weight excluding hydrogens is 325 g/mol. The largest absolute Gasteiger partial charge is 0.472 e. The van der Waals surface area contributed by atoms with E-state index in [0.717, 1.165) is 12.8 Å². The van der Waals surface area contributed by atoms with Gasteiger partial charge in [0.15, 0.2) is 0 Å². The molecule has 0 rings (SSSR count). The summed E-state index contributed by atoms with van der Waals surface area (Å²) < 4.78 is 26.9. The fraction of sp³-hybridized carbons (Fsp3) is 0.929. The maximum atomic E-state index is 11.7. The maximum Gasteiger partial charge on any atom is 0.472 e. The molecule has 0 saturated carbocycles. The van der Waals surface area contributed by atoms with Gasteiger partial charge >= 0.3 is 13.8 Å². The third-order valence-electron chi connectivity index (χ3n) is 2.93. The molecule has 0 aliphatic carbocycles. The van der Waals surface area contributed by atoms with Crippen LogP contribution in [-0.2, 0) is 23.1 Å². The van der Waals surface area contributed by atoms with Crippen LogP contribution in [0.3, 0.4) is 0 Å². The minimum absolute atomic E-state index is 0.0534. The highest BCUT2D eigenvalue weighted by molar-refractivity contribution is 7.47. The van der Waals surface area contributed by atoms with Gasteiger partial charge in [0.1, 0.15) is 19.3 Å². The lowest BCUT2D eigenvalue weighted by molar-refractivity contribution is -0.870. The number of rotatable bonds is 13. The Morgan fingerprint density at radius 1 is 1.22 bits per heavy atom. The van der Waals surface area contributed by atoms with Gasteiger partial charge in [-0.2, -0.15) is 0 Å². The minimum atomic E-state index is -4.23. The van der Waals surface area contributed by atoms with E-state index in [-0.39, 0.29) is 13.0 Å². The van der Waals surface area contributed by atoms with E-state index in [1.165, 1.54) is 0 Å². The normalized spacial score (nSPS) is 15.9. The monoisotopic (exact) mass is 356 g/mol. The summed E-state index contributed by atoms with van der Waals surface area (Å²) in [6.07, 6.45) is 1.88. The van der Waals surface area contributed by atoms with E-state index in [1.807, 2.05) is 28.1 Å². The number of nitrogens with zero attached hydrogens (tertiary/aromatic N) is 1. The third-order valence-corrected chi connectivity index (χ3v) is 3.91. The molecule has 9 heteroatoms. The average Bonchev–Trinajstić information content (AvgIpc) is 2.42. The van der Waals surface area contributed by atoms with Gasteiger partial charge in [-0.1, -0.05) is 19.8 Å². The van der Waals surface area contributed by atoms with E-state index in [9.17, 15) is 14.3 Å². The number of esters is 1. The molecule has 0 amide bonds. The van der Waals surface area contributed by atoms with Crippen molar-refractivity contribution in [1.29, 1.82) is 0 Å². The highest BCUT2D eigenvalue weighted by Crippen LogP contribution is 2.43. The van der Waals surface area contributed by atoms with E-state index in [0.29, 0.717) is 17.4 Å². The maximum absolute atomic E-state index is 11.7. The zero-order valence-corrected chi connectivity index (χ0v) is 15.5. The first-order valence-corrected chi connectivity index (χ1v) is 9.32. The van der Waals surface area contributed by atoms with E-state index in [1.54, 1.807) is 0 Å². The van der Waals surface area contributed by atoms with Gasteiger partial charge in [-0.25, -0.2) is 4.57 Å². The molecule has 23 heavy (non-hydrogen) atoms. The molecule has 0 aromatic heterocycles. The van der Waals surface area contributed by atoms with E-state index in [2.05, 4.69) is 0 Å². The lowest BCUT2D eigenvalue weighted by Crippen LogP contribution is -2.37. The van der Waals surface area contributed by atoms with Crippen LogP contribution in [0.25, 0.3) is 0 Å². The Hall–Kier alpha value is -0.500. The SMILES string of the molecule is CCCCCC(=O)O[C@@H](CO)COP(=O)(O)OCC[N+](C)(C)C. The van der Waals surface area contributed by atoms with Crippen molar-refractivity contribution >= 4 is 13.8 Å². The van der Waals surface area contributed by atoms with Gasteiger partial charge in [-0.05, 0) is 6.42 Å². The first kappa shape index (κ1) is 22.5. The van der Waals surface area contributed by atoms with Crippen molar-refractivity contribution in [3.05, 3.63) is 0 Å². The standard InChI is InChI=1S/C14H30NO7P/c1-5-6-7-8-14(17)22-13(11-16)12-21-23(18,19)20-10-9-15(2,3)4/h13,16H,5-12H2,1-4H3/p+1/t13-/m0/s1. The van der Waals surface area contributed by atoms with Crippen LogP contribution in [-0.4, -0.2) is 74.1 Å². The molecule has 0 aliphatic rings. The molecule has 1 unspecified atom stereocenters. The molecule has 8 nitrogen and oxygen atoms in total. The van der Waals surface area contributed by atoms with Crippen molar-refractivity contribution < 1.29 is 37.6 Å². The summed E-state index contributed by atoms with van der Waals surface area (Å²) in [5, 5.41) is 9.15. The number of ether oxygens (including phenoxy) is 1. The predicted octanol–water partition coefficient (Wildman–Crippen LogP) is 1.31. The Kier molecular flexibility index (Phi) is 10.9. The summed E-state index contributed by atoms with van der Waals surface area (Å²) in [7, 11) is 1.54. The number of quaternary nitrogens is 1. The van der Waals surface area contributed by atoms with E-state index < -0.39 is 33.1 Å². The van der Waals surface area contributed by atoms with Gasteiger partial charge in [0.25, 0.3) is 0 Å². The highest BCUT2D eigenvalue weighted by Gasteiger charge is 2.25. The van der Waals surface area contributed by atoms with Gasteiger partial charge < -0.3 is 19.2 Å². The molecule has 0 fully saturated rings. The Bertz CT molecular complexity index is 384. The predicted molar refractivity (Wildman–Crippen MR) is 85.7 cm³/mol. The Labute approximate surface area is 138 Å². The second-order valence-corrected chi connectivity index (χ2v) is 7.82. The number of aliphatic hydroxyl groups is 1. The van der Waals surface area contributed by atoms with Crippen LogP contribution < -0.4 is 0 Å². The molecule has 0 aromatic rings. The number of hydrogen-bond acceptors (Lipinski definition) is 6. The Morgan fingerprint density at radius 2 is 1.87 bits per heavy atom. The van der Waals surface area contributed by atoms with E-state index in [4.69, 9.17) is 18.9 Å². The van der Waals surface area contributed by atoms with Gasteiger partial charge in [-0.15, -0.1) is 0 Å². The number of phosphoric ester groups is 1. The number of likely N-dealkylation sites (N-methyl/N-ethyl adjacent to an activating group) is 1. The summed E-state index contributed by atoms with van der Waals surface area (Å²) in [6.45, 7) is 1.72. The Balaban J connectivity index is 4.12. The van der Waals surface area contributed by atoms with Gasteiger partial charge in [0, 0.05) is 6.42 Å². The first-order chi connectivity index (χ1) is 10.6. The van der Waals surface area contributed by atoms with Crippen molar-refractivity contribution in [3.63, 3.8) is 0 Å². The van der Waals surface area contributed by atoms with Crippen LogP contribution in [0.15, 0.2) is 0 Å². The molecule has 2 atom stereocenters. The second kappa shape index (κ2) is 11.1. The van der Waals surface area contributed by atoms with Crippen molar-refractivity contribution in [3.8, 4) is 0 Å². The quantitative estimate of drug-likeness (QED) is 0.222. The highest BCUT2D eigenvalue weighted by atomic mass is 31.2. The summed E-state index contributed by atoms with van der Waals surface area (Å²) in [6, 6.07) is 0. The zero-order valence-electron chi connectivity index (χ0n) is 14.6. The van der Waals surface area contributed by atoms with Crippen molar-refractivity contribution in [2.45, 2.75) is 38.7 Å². The lowest BCUT2D eigenvalue weighted by Gasteiger charge is -2.24. The van der Waals surface area contributed by atoms with E-state index >= 15 is 0 Å².